The number of hydrogen-bond donors (Lipinski definition) is 0. The fraction of sp³-hybridized carbons (Fsp3) is 0.442. The van der Waals surface area contributed by atoms with Crippen LogP contribution in [0.15, 0.2) is 71.8 Å². The maximum Gasteiger partial charge on any atom is -0.358 e. The van der Waals surface area contributed by atoms with E-state index in [-0.39, 0.29) is 18.3 Å². The molecule has 0 fully saturated rings. The Morgan fingerprint density at radius 1 is 0.795 bits per heavy atom. The SMILES string of the molecule is CC(C)(C)c1[c-]c2c(cc1)-c1ccc(C(C)(C)C)cc1C2.CCC1=[C-]C(CC)C=C1C(C)(C)C.Cc1cc[c-]cc1.[CH2]=[Zr].[CH3-]. The van der Waals surface area contributed by atoms with E-state index in [9.17, 15) is 0 Å². The average molecular weight is 666 g/mol. The van der Waals surface area contributed by atoms with Gasteiger partial charge < -0.3 is 7.43 Å². The summed E-state index contributed by atoms with van der Waals surface area (Å²) < 4.78 is 3.34. The molecule has 2 aliphatic rings. The maximum atomic E-state index is 3.67. The van der Waals surface area contributed by atoms with Crippen LogP contribution < -0.4 is 0 Å². The largest absolute Gasteiger partial charge is 0.358 e. The molecule has 0 nitrogen and oxygen atoms in total. The molecule has 1 atom stereocenters. The van der Waals surface area contributed by atoms with Crippen LogP contribution in [-0.2, 0) is 41.5 Å². The zero-order chi connectivity index (χ0) is 32.6. The summed E-state index contributed by atoms with van der Waals surface area (Å²) in [6.45, 7) is 27.0. The Kier molecular flexibility index (Phi) is 15.4. The van der Waals surface area contributed by atoms with Crippen LogP contribution in [0, 0.1) is 43.9 Å². The summed E-state index contributed by atoms with van der Waals surface area (Å²) in [5, 5.41) is 0. The Balaban J connectivity index is 0.000000359. The third kappa shape index (κ3) is 11.1. The van der Waals surface area contributed by atoms with Gasteiger partial charge in [-0.3, -0.25) is 6.08 Å². The zero-order valence-corrected chi connectivity index (χ0v) is 32.6. The van der Waals surface area contributed by atoms with Gasteiger partial charge in [0, 0.05) is 0 Å². The van der Waals surface area contributed by atoms with E-state index in [1.165, 1.54) is 80.7 Å². The van der Waals surface area contributed by atoms with Crippen molar-refractivity contribution in [3.8, 4) is 11.1 Å². The summed E-state index contributed by atoms with van der Waals surface area (Å²) in [7, 11) is 0. The summed E-state index contributed by atoms with van der Waals surface area (Å²) in [6, 6.07) is 26.0. The van der Waals surface area contributed by atoms with Crippen molar-refractivity contribution in [2.24, 2.45) is 11.3 Å². The summed E-state index contributed by atoms with van der Waals surface area (Å²) in [6.07, 6.45) is 9.31. The molecule has 0 heterocycles. The van der Waals surface area contributed by atoms with Gasteiger partial charge in [-0.15, -0.1) is 11.1 Å². The first kappa shape index (κ1) is 39.9. The van der Waals surface area contributed by atoms with Gasteiger partial charge in [-0.2, -0.15) is 71.3 Å². The maximum absolute atomic E-state index is 3.67. The molecule has 0 aromatic heterocycles. The van der Waals surface area contributed by atoms with Crippen molar-refractivity contribution in [3.63, 3.8) is 0 Å². The van der Waals surface area contributed by atoms with Crippen LogP contribution in [0.3, 0.4) is 0 Å². The first-order valence-electron chi connectivity index (χ1n) is 15.9. The van der Waals surface area contributed by atoms with Crippen LogP contribution in [0.5, 0.6) is 0 Å². The molecule has 3 aromatic rings. The van der Waals surface area contributed by atoms with Crippen molar-refractivity contribution in [1.29, 1.82) is 0 Å². The molecule has 0 amide bonds. The van der Waals surface area contributed by atoms with Gasteiger partial charge in [-0.05, 0) is 28.4 Å². The Morgan fingerprint density at radius 3 is 1.82 bits per heavy atom. The predicted octanol–water partition coefficient (Wildman–Crippen LogP) is 12.0. The van der Waals surface area contributed by atoms with Crippen LogP contribution in [0.25, 0.3) is 11.1 Å². The predicted molar refractivity (Wildman–Crippen MR) is 193 cm³/mol. The molecule has 238 valence electrons. The van der Waals surface area contributed by atoms with Gasteiger partial charge in [0.2, 0.25) is 0 Å². The van der Waals surface area contributed by atoms with Crippen LogP contribution in [0.2, 0.25) is 0 Å². The zero-order valence-electron chi connectivity index (χ0n) is 30.2. The van der Waals surface area contributed by atoms with Crippen LogP contribution in [0.1, 0.15) is 117 Å². The van der Waals surface area contributed by atoms with E-state index in [4.69, 9.17) is 0 Å². The number of aryl methyl sites for hydroxylation is 1. The molecule has 0 spiro atoms. The van der Waals surface area contributed by atoms with Crippen LogP contribution >= 0.6 is 0 Å². The number of benzene rings is 3. The molecule has 1 heteroatoms. The van der Waals surface area contributed by atoms with Crippen molar-refractivity contribution < 1.29 is 24.2 Å². The quantitative estimate of drug-likeness (QED) is 0.187. The topological polar surface area (TPSA) is 0 Å². The minimum absolute atomic E-state index is 0. The third-order valence-corrected chi connectivity index (χ3v) is 8.00. The second-order valence-corrected chi connectivity index (χ2v) is 14.7. The van der Waals surface area contributed by atoms with Gasteiger partial charge in [-0.1, -0.05) is 131 Å². The number of allylic oxidation sites excluding steroid dienone is 4. The Morgan fingerprint density at radius 2 is 1.39 bits per heavy atom. The standard InChI is InChI=1S/C21H25.C13H21.C7H7.CH3.CH2.Zr/c1-20(2,3)16-7-9-18-14(12-16)11-15-13-17(21(4,5)6)8-10-19(15)18;1-6-10-8-11(7-2)12(9-10)13(3,4)5;1-7-5-3-2-4-6-7;;;/h7-10,12H,11H2,1-6H3;9-10H,6-7H2,1-5H3;3-6H,1H3;1H3;1H2;/q4*-1;;. The van der Waals surface area contributed by atoms with Crippen LogP contribution in [0.4, 0.5) is 0 Å². The van der Waals surface area contributed by atoms with E-state index in [1.54, 1.807) is 0 Å². The summed E-state index contributed by atoms with van der Waals surface area (Å²) in [5.41, 5.74) is 13.2. The van der Waals surface area contributed by atoms with Crippen molar-refractivity contribution in [2.45, 2.75) is 113 Å². The molecular formula is C43H58Zr-4. The minimum atomic E-state index is 0. The smallest absolute Gasteiger partial charge is 0.358 e. The van der Waals surface area contributed by atoms with Crippen molar-refractivity contribution in [2.75, 3.05) is 0 Å². The van der Waals surface area contributed by atoms with E-state index in [2.05, 4.69) is 142 Å². The monoisotopic (exact) mass is 664 g/mol. The van der Waals surface area contributed by atoms with E-state index in [0.717, 1.165) is 12.8 Å². The van der Waals surface area contributed by atoms with Gasteiger partial charge in [0.1, 0.15) is 0 Å². The van der Waals surface area contributed by atoms with Gasteiger partial charge in [0.05, 0.1) is 0 Å². The molecule has 0 aliphatic heterocycles. The number of hydrogen-bond acceptors (Lipinski definition) is 0. The molecule has 0 radical (unpaired) electrons. The molecule has 5 rings (SSSR count). The van der Waals surface area contributed by atoms with Crippen LogP contribution in [-0.4, -0.2) is 4.21 Å². The number of rotatable bonds is 2. The Hall–Kier alpha value is -2.11. The van der Waals surface area contributed by atoms with Crippen molar-refractivity contribution >= 4 is 4.21 Å². The average Bonchev–Trinajstić information content (AvgIpc) is 3.55. The first-order chi connectivity index (χ1) is 20.0. The third-order valence-electron chi connectivity index (χ3n) is 8.00. The molecule has 44 heavy (non-hydrogen) atoms. The van der Waals surface area contributed by atoms with Gasteiger partial charge >= 0.3 is 28.4 Å². The van der Waals surface area contributed by atoms with Crippen molar-refractivity contribution in [1.82, 2.24) is 0 Å². The fourth-order valence-electron chi connectivity index (χ4n) is 5.36. The molecule has 0 saturated heterocycles. The molecule has 1 unspecified atom stereocenters. The van der Waals surface area contributed by atoms with Gasteiger partial charge in [-0.25, -0.2) is 5.57 Å². The fourth-order valence-corrected chi connectivity index (χ4v) is 5.36. The summed E-state index contributed by atoms with van der Waals surface area (Å²) in [4.78, 5) is 0. The van der Waals surface area contributed by atoms with E-state index < -0.39 is 0 Å². The number of fused-ring (bicyclic) bond motifs is 3. The second-order valence-electron chi connectivity index (χ2n) is 14.7. The normalized spacial score (nSPS) is 14.9. The molecule has 2 aliphatic carbocycles. The first-order valence-corrected chi connectivity index (χ1v) is 17.6. The molecule has 0 saturated carbocycles. The Bertz CT molecular complexity index is 1320. The van der Waals surface area contributed by atoms with E-state index in [1.807, 2.05) is 24.3 Å². The summed E-state index contributed by atoms with van der Waals surface area (Å²) >= 11 is 1.30. The Labute approximate surface area is 287 Å². The molecule has 0 bridgehead atoms. The second kappa shape index (κ2) is 17.0. The van der Waals surface area contributed by atoms with Crippen molar-refractivity contribution in [3.05, 3.63) is 125 Å². The molecular weight excluding hydrogens is 608 g/mol. The van der Waals surface area contributed by atoms with E-state index in [0.29, 0.717) is 11.3 Å². The van der Waals surface area contributed by atoms with Gasteiger partial charge in [0.15, 0.2) is 0 Å². The molecule has 3 aromatic carbocycles. The molecule has 0 N–H and O–H groups in total. The summed E-state index contributed by atoms with van der Waals surface area (Å²) in [5.74, 6) is 0.573. The minimum Gasteiger partial charge on any atom is -0.358 e. The van der Waals surface area contributed by atoms with E-state index >= 15 is 0 Å². The van der Waals surface area contributed by atoms with Gasteiger partial charge in [0.25, 0.3) is 0 Å².